The number of nitrogens with zero attached hydrogens (tertiary/aromatic N) is 1. The number of morpholine rings is 1. The summed E-state index contributed by atoms with van der Waals surface area (Å²) in [5.41, 5.74) is 4.12. The average Bonchev–Trinajstić information content (AvgIpc) is 2.93. The maximum absolute atomic E-state index is 13.0. The zero-order valence-corrected chi connectivity index (χ0v) is 21.7. The number of hydrogen-bond acceptors (Lipinski definition) is 6. The molecule has 4 aromatic carbocycles. The van der Waals surface area contributed by atoms with Gasteiger partial charge in [-0.15, -0.1) is 0 Å². The van der Waals surface area contributed by atoms with Gasteiger partial charge in [-0.25, -0.2) is 9.59 Å². The Morgan fingerprint density at radius 3 is 1.79 bits per heavy atom. The normalized spacial score (nSPS) is 13.8. The smallest absolute Gasteiger partial charge is 0.343 e. The molecule has 4 aromatic rings. The summed E-state index contributed by atoms with van der Waals surface area (Å²) in [6.07, 6.45) is 0.901. The number of aryl methyl sites for hydroxylation is 2. The van der Waals surface area contributed by atoms with Crippen molar-refractivity contribution in [2.75, 3.05) is 32.8 Å². The van der Waals surface area contributed by atoms with Crippen molar-refractivity contribution in [1.29, 1.82) is 0 Å². The highest BCUT2D eigenvalue weighted by Gasteiger charge is 2.18. The molecule has 5 rings (SSSR count). The standard InChI is InChI=1S/C32H31NO5/c1-22-3-8-25(9-4-22)31(34)37-29-20-27-12-7-24(13-14-33-15-17-36-18-16-33)19-28(27)21-30(29)38-32(35)26-10-5-23(2)6-11-26/h3-12,19-21H,13-18H2,1-2H3. The van der Waals surface area contributed by atoms with Gasteiger partial charge in [-0.1, -0.05) is 53.6 Å². The van der Waals surface area contributed by atoms with Gasteiger partial charge in [-0.3, -0.25) is 4.90 Å². The third kappa shape index (κ3) is 6.28. The molecule has 0 bridgehead atoms. The number of benzene rings is 4. The summed E-state index contributed by atoms with van der Waals surface area (Å²) in [5, 5.41) is 1.80. The van der Waals surface area contributed by atoms with E-state index in [4.69, 9.17) is 14.2 Å². The van der Waals surface area contributed by atoms with Gasteiger partial charge in [-0.05, 0) is 73.0 Å². The minimum absolute atomic E-state index is 0.199. The van der Waals surface area contributed by atoms with Gasteiger partial charge in [0.05, 0.1) is 24.3 Å². The fraction of sp³-hybridized carbons (Fsp3) is 0.250. The van der Waals surface area contributed by atoms with Crippen LogP contribution < -0.4 is 9.47 Å². The predicted octanol–water partition coefficient (Wildman–Crippen LogP) is 5.77. The summed E-state index contributed by atoms with van der Waals surface area (Å²) in [4.78, 5) is 28.3. The number of carbonyl (C=O) groups excluding carboxylic acids is 2. The van der Waals surface area contributed by atoms with Crippen molar-refractivity contribution in [2.24, 2.45) is 0 Å². The number of fused-ring (bicyclic) bond motifs is 1. The highest BCUT2D eigenvalue weighted by atomic mass is 16.6. The van der Waals surface area contributed by atoms with Crippen LogP contribution in [0.1, 0.15) is 37.4 Å². The van der Waals surface area contributed by atoms with Crippen LogP contribution in [0.4, 0.5) is 0 Å². The van der Waals surface area contributed by atoms with E-state index in [1.807, 2.05) is 44.2 Å². The summed E-state index contributed by atoms with van der Waals surface area (Å²) >= 11 is 0. The Balaban J connectivity index is 1.43. The molecule has 6 nitrogen and oxygen atoms in total. The fourth-order valence-electron chi connectivity index (χ4n) is 4.43. The Labute approximate surface area is 222 Å². The Kier molecular flexibility index (Phi) is 7.82. The van der Waals surface area contributed by atoms with E-state index < -0.39 is 11.9 Å². The molecule has 38 heavy (non-hydrogen) atoms. The molecule has 1 aliphatic heterocycles. The highest BCUT2D eigenvalue weighted by molar-refractivity contribution is 5.95. The monoisotopic (exact) mass is 509 g/mol. The van der Waals surface area contributed by atoms with Crippen LogP contribution in [0.15, 0.2) is 78.9 Å². The van der Waals surface area contributed by atoms with Gasteiger partial charge in [0.25, 0.3) is 0 Å². The van der Waals surface area contributed by atoms with E-state index in [1.54, 1.807) is 36.4 Å². The molecule has 6 heteroatoms. The first-order valence-corrected chi connectivity index (χ1v) is 12.9. The van der Waals surface area contributed by atoms with Gasteiger partial charge in [0.15, 0.2) is 11.5 Å². The van der Waals surface area contributed by atoms with Gasteiger partial charge >= 0.3 is 11.9 Å². The molecule has 1 aliphatic rings. The fourth-order valence-corrected chi connectivity index (χ4v) is 4.43. The molecular weight excluding hydrogens is 478 g/mol. The lowest BCUT2D eigenvalue weighted by molar-refractivity contribution is 0.0384. The maximum atomic E-state index is 13.0. The minimum Gasteiger partial charge on any atom is -0.419 e. The number of carbonyl (C=O) groups is 2. The molecule has 0 unspecified atom stereocenters. The third-order valence-electron chi connectivity index (χ3n) is 6.77. The lowest BCUT2D eigenvalue weighted by atomic mass is 10.0. The zero-order valence-electron chi connectivity index (χ0n) is 21.7. The molecule has 1 fully saturated rings. The second-order valence-electron chi connectivity index (χ2n) is 9.70. The molecule has 194 valence electrons. The maximum Gasteiger partial charge on any atom is 0.343 e. The van der Waals surface area contributed by atoms with Crippen LogP contribution in [-0.4, -0.2) is 49.7 Å². The second-order valence-corrected chi connectivity index (χ2v) is 9.70. The minimum atomic E-state index is -0.515. The number of rotatable bonds is 7. The van der Waals surface area contributed by atoms with Crippen molar-refractivity contribution in [1.82, 2.24) is 4.90 Å². The molecular formula is C32H31NO5. The second kappa shape index (κ2) is 11.6. The first kappa shape index (κ1) is 25.6. The lowest BCUT2D eigenvalue weighted by Crippen LogP contribution is -2.37. The van der Waals surface area contributed by atoms with Crippen LogP contribution in [0.3, 0.4) is 0 Å². The number of hydrogen-bond donors (Lipinski definition) is 0. The molecule has 0 amide bonds. The van der Waals surface area contributed by atoms with Crippen LogP contribution in [-0.2, 0) is 11.2 Å². The largest absolute Gasteiger partial charge is 0.419 e. The van der Waals surface area contributed by atoms with E-state index in [9.17, 15) is 9.59 Å². The van der Waals surface area contributed by atoms with Crippen molar-refractivity contribution in [3.8, 4) is 11.5 Å². The summed E-state index contributed by atoms with van der Waals surface area (Å²) in [6.45, 7) is 8.31. The highest BCUT2D eigenvalue weighted by Crippen LogP contribution is 2.34. The van der Waals surface area contributed by atoms with Gasteiger partial charge in [0.1, 0.15) is 0 Å². The first-order chi connectivity index (χ1) is 18.4. The van der Waals surface area contributed by atoms with Crippen LogP contribution >= 0.6 is 0 Å². The molecule has 0 atom stereocenters. The number of esters is 2. The van der Waals surface area contributed by atoms with Crippen molar-refractivity contribution in [2.45, 2.75) is 20.3 Å². The van der Waals surface area contributed by atoms with Crippen LogP contribution in [0.2, 0.25) is 0 Å². The van der Waals surface area contributed by atoms with Crippen LogP contribution in [0.5, 0.6) is 11.5 Å². The zero-order chi connectivity index (χ0) is 26.5. The SMILES string of the molecule is Cc1ccc(C(=O)Oc2cc3ccc(CCN4CCOCC4)cc3cc2OC(=O)c2ccc(C)cc2)cc1. The summed E-state index contributed by atoms with van der Waals surface area (Å²) in [7, 11) is 0. The van der Waals surface area contributed by atoms with E-state index in [2.05, 4.69) is 17.0 Å². The molecule has 1 heterocycles. The van der Waals surface area contributed by atoms with Crippen molar-refractivity contribution in [3.63, 3.8) is 0 Å². The van der Waals surface area contributed by atoms with Crippen LogP contribution in [0, 0.1) is 13.8 Å². The quantitative estimate of drug-likeness (QED) is 0.233. The van der Waals surface area contributed by atoms with Gasteiger partial charge in [0, 0.05) is 19.6 Å². The molecule has 0 aliphatic carbocycles. The third-order valence-corrected chi connectivity index (χ3v) is 6.77. The Bertz CT molecular complexity index is 1440. The Hall–Kier alpha value is -4.00. The lowest BCUT2D eigenvalue weighted by Gasteiger charge is -2.26. The molecule has 0 radical (unpaired) electrons. The van der Waals surface area contributed by atoms with Gasteiger partial charge in [-0.2, -0.15) is 0 Å². The molecule has 0 saturated carbocycles. The van der Waals surface area contributed by atoms with Gasteiger partial charge in [0.2, 0.25) is 0 Å². The van der Waals surface area contributed by atoms with Gasteiger partial charge < -0.3 is 14.2 Å². The average molecular weight is 510 g/mol. The van der Waals surface area contributed by atoms with E-state index >= 15 is 0 Å². The summed E-state index contributed by atoms with van der Waals surface area (Å²) < 4.78 is 17.0. The van der Waals surface area contributed by atoms with Crippen molar-refractivity contribution in [3.05, 3.63) is 107 Å². The summed E-state index contributed by atoms with van der Waals surface area (Å²) in [5.74, 6) is -0.627. The van der Waals surface area contributed by atoms with Crippen LogP contribution in [0.25, 0.3) is 10.8 Å². The topological polar surface area (TPSA) is 65.1 Å². The molecule has 0 aromatic heterocycles. The number of ether oxygens (including phenoxy) is 3. The Morgan fingerprint density at radius 1 is 0.711 bits per heavy atom. The van der Waals surface area contributed by atoms with Crippen molar-refractivity contribution < 1.29 is 23.8 Å². The molecule has 0 N–H and O–H groups in total. The molecule has 0 spiro atoms. The molecule has 1 saturated heterocycles. The van der Waals surface area contributed by atoms with E-state index in [-0.39, 0.29) is 11.5 Å². The predicted molar refractivity (Wildman–Crippen MR) is 147 cm³/mol. The van der Waals surface area contributed by atoms with E-state index in [0.717, 1.165) is 61.2 Å². The van der Waals surface area contributed by atoms with E-state index in [0.29, 0.717) is 11.1 Å². The van der Waals surface area contributed by atoms with Crippen molar-refractivity contribution >= 4 is 22.7 Å². The van der Waals surface area contributed by atoms with E-state index in [1.165, 1.54) is 5.56 Å². The first-order valence-electron chi connectivity index (χ1n) is 12.9. The summed E-state index contributed by atoms with van der Waals surface area (Å²) in [6, 6.07) is 24.0. The Morgan fingerprint density at radius 2 is 1.24 bits per heavy atom.